The number of furan rings is 1. The zero-order valence-corrected chi connectivity index (χ0v) is 37.0. The van der Waals surface area contributed by atoms with Crippen LogP contribution in [0.2, 0.25) is 0 Å². The van der Waals surface area contributed by atoms with Gasteiger partial charge in [-0.1, -0.05) is 103 Å². The molecule has 0 amide bonds. The third-order valence-corrected chi connectivity index (χ3v) is 12.7. The van der Waals surface area contributed by atoms with Gasteiger partial charge in [0, 0.05) is 49.4 Å². The molecule has 9 heteroatoms. The first-order chi connectivity index (χ1) is 34.4. The Bertz CT molecular complexity index is 4040. The van der Waals surface area contributed by atoms with Gasteiger partial charge in [-0.15, -0.1) is 0 Å². The summed E-state index contributed by atoms with van der Waals surface area (Å²) >= 11 is 0. The molecule has 0 aliphatic rings. The molecule has 12 aromatic rings. The zero-order valence-electron chi connectivity index (χ0n) is 37.0. The van der Waals surface area contributed by atoms with Gasteiger partial charge in [-0.25, -0.2) is 24.6 Å². The fourth-order valence-corrected chi connectivity index (χ4v) is 9.38. The molecule has 0 bridgehead atoms. The van der Waals surface area contributed by atoms with Crippen molar-refractivity contribution in [3.8, 4) is 85.4 Å². The molecule has 3 aromatic heterocycles. The summed E-state index contributed by atoms with van der Waals surface area (Å²) in [5.41, 5.74) is 13.3. The maximum atomic E-state index is 9.93. The van der Waals surface area contributed by atoms with Crippen molar-refractivity contribution in [1.82, 2.24) is 19.5 Å². The molecule has 70 heavy (non-hydrogen) atoms. The molecular weight excluding hydrogens is 861 g/mol. The highest BCUT2D eigenvalue weighted by Gasteiger charge is 2.22. The van der Waals surface area contributed by atoms with E-state index in [4.69, 9.17) is 32.5 Å². The fraction of sp³-hybridized carbons (Fsp3) is 0. The highest BCUT2D eigenvalue weighted by molar-refractivity contribution is 6.12. The van der Waals surface area contributed by atoms with Gasteiger partial charge in [0.25, 0.3) is 0 Å². The summed E-state index contributed by atoms with van der Waals surface area (Å²) in [6.45, 7) is 15.6. The maximum Gasteiger partial charge on any atom is 0.189 e. The van der Waals surface area contributed by atoms with Crippen LogP contribution >= 0.6 is 0 Å². The highest BCUT2D eigenvalue weighted by atomic mass is 16.3. The molecule has 0 N–H and O–H groups in total. The van der Waals surface area contributed by atoms with Crippen molar-refractivity contribution in [2.45, 2.75) is 0 Å². The Morgan fingerprint density at radius 2 is 0.871 bits per heavy atom. The van der Waals surface area contributed by atoms with Gasteiger partial charge in [0.2, 0.25) is 0 Å². The van der Waals surface area contributed by atoms with Crippen molar-refractivity contribution in [2.75, 3.05) is 0 Å². The Hall–Kier alpha value is -10.5. The predicted molar refractivity (Wildman–Crippen MR) is 276 cm³/mol. The maximum absolute atomic E-state index is 9.93. The molecule has 0 unspecified atom stereocenters. The summed E-state index contributed by atoms with van der Waals surface area (Å²) in [5.74, 6) is 1.53. The first-order valence-electron chi connectivity index (χ1n) is 22.3. The average molecular weight is 893 g/mol. The summed E-state index contributed by atoms with van der Waals surface area (Å²) in [5, 5.41) is 23.7. The van der Waals surface area contributed by atoms with E-state index in [9.17, 15) is 10.5 Å². The van der Waals surface area contributed by atoms with Crippen LogP contribution in [0.15, 0.2) is 199 Å². The van der Waals surface area contributed by atoms with E-state index in [0.29, 0.717) is 40.0 Å². The lowest BCUT2D eigenvalue weighted by molar-refractivity contribution is 0.669. The van der Waals surface area contributed by atoms with Crippen LogP contribution in [-0.2, 0) is 0 Å². The van der Waals surface area contributed by atoms with Gasteiger partial charge >= 0.3 is 0 Å². The second kappa shape index (κ2) is 16.8. The first-order valence-corrected chi connectivity index (χ1v) is 22.3. The van der Waals surface area contributed by atoms with Crippen LogP contribution in [0.5, 0.6) is 0 Å². The lowest BCUT2D eigenvalue weighted by Gasteiger charge is -2.16. The smallest absolute Gasteiger partial charge is 0.189 e. The number of hydrogen-bond acceptors (Lipinski definition) is 6. The van der Waals surface area contributed by atoms with Crippen molar-refractivity contribution in [3.05, 3.63) is 228 Å². The Labute approximate surface area is 401 Å². The highest BCUT2D eigenvalue weighted by Crippen LogP contribution is 2.42. The van der Waals surface area contributed by atoms with Gasteiger partial charge < -0.3 is 8.98 Å². The van der Waals surface area contributed by atoms with Gasteiger partial charge in [-0.2, -0.15) is 10.5 Å². The molecule has 0 aliphatic heterocycles. The predicted octanol–water partition coefficient (Wildman–Crippen LogP) is 15.7. The Balaban J connectivity index is 1.15. The molecular formula is C61H32N8O. The Morgan fingerprint density at radius 3 is 1.44 bits per heavy atom. The molecule has 0 aliphatic carbocycles. The third-order valence-electron chi connectivity index (χ3n) is 12.7. The summed E-state index contributed by atoms with van der Waals surface area (Å²) in [6, 6.07) is 67.7. The molecule has 9 aromatic carbocycles. The third kappa shape index (κ3) is 7.14. The molecule has 0 radical (unpaired) electrons. The molecule has 0 saturated heterocycles. The van der Waals surface area contributed by atoms with E-state index in [2.05, 4.69) is 87.1 Å². The fourth-order valence-electron chi connectivity index (χ4n) is 9.38. The topological polar surface area (TPSA) is 113 Å². The summed E-state index contributed by atoms with van der Waals surface area (Å²) in [6.07, 6.45) is 0. The van der Waals surface area contributed by atoms with Gasteiger partial charge in [-0.05, 0) is 124 Å². The van der Waals surface area contributed by atoms with Gasteiger partial charge in [0.15, 0.2) is 28.8 Å². The second-order valence-electron chi connectivity index (χ2n) is 16.9. The SMILES string of the molecule is [C-]#[N+]c1cc(C#N)cc(-c2ccc3c(c2)c2cc(-c4cc(C#N)cc([N+]#[C-])c4)ccc2n3-c2ccc(-c3ccc4oc5ccccc5c4c3)cc2-c2nc(-c3ccccc3)nc(-c3ccccc3)n2)c1. The van der Waals surface area contributed by atoms with Gasteiger partial charge in [-0.3, -0.25) is 0 Å². The molecule has 0 spiro atoms. The Morgan fingerprint density at radius 1 is 0.400 bits per heavy atom. The van der Waals surface area contributed by atoms with E-state index in [1.807, 2.05) is 97.1 Å². The summed E-state index contributed by atoms with van der Waals surface area (Å²) in [4.78, 5) is 22.9. The molecule has 0 fully saturated rings. The van der Waals surface area contributed by atoms with Crippen molar-refractivity contribution in [1.29, 1.82) is 10.5 Å². The average Bonchev–Trinajstić information content (AvgIpc) is 3.97. The molecule has 0 saturated carbocycles. The molecule has 322 valence electrons. The van der Waals surface area contributed by atoms with Crippen LogP contribution in [0, 0.1) is 35.8 Å². The molecule has 12 rings (SSSR count). The van der Waals surface area contributed by atoms with Gasteiger partial charge in [0.1, 0.15) is 11.2 Å². The van der Waals surface area contributed by atoms with Crippen LogP contribution < -0.4 is 0 Å². The molecule has 0 atom stereocenters. The first kappa shape index (κ1) is 41.0. The van der Waals surface area contributed by atoms with Crippen molar-refractivity contribution in [3.63, 3.8) is 0 Å². The zero-order chi connectivity index (χ0) is 47.3. The largest absolute Gasteiger partial charge is 0.456 e. The van der Waals surface area contributed by atoms with E-state index in [1.165, 1.54) is 0 Å². The minimum atomic E-state index is 0.374. The van der Waals surface area contributed by atoms with Crippen molar-refractivity contribution in [2.24, 2.45) is 0 Å². The summed E-state index contributed by atoms with van der Waals surface area (Å²) < 4.78 is 8.46. The number of benzene rings is 9. The monoisotopic (exact) mass is 892 g/mol. The normalized spacial score (nSPS) is 11.1. The number of hydrogen-bond donors (Lipinski definition) is 0. The number of nitrogens with zero attached hydrogens (tertiary/aromatic N) is 8. The number of nitriles is 2. The van der Waals surface area contributed by atoms with E-state index in [1.54, 1.807) is 36.4 Å². The van der Waals surface area contributed by atoms with Crippen molar-refractivity contribution >= 4 is 55.1 Å². The number of rotatable bonds is 7. The molecule has 3 heterocycles. The quantitative estimate of drug-likeness (QED) is 0.147. The summed E-state index contributed by atoms with van der Waals surface area (Å²) in [7, 11) is 0. The standard InChI is InChI=1S/C61H32N8O/c1-64-47-27-37(35-62)25-45(29-47)43-18-21-54-50(31-43)51-32-44(46-26-38(36-63)28-48(30-46)65-2)19-22-55(51)69(54)56-23-17-41(42-20-24-58-52(33-42)49-15-9-10-16-57(49)70-58)34-53(56)61-67-59(39-11-5-3-6-12-39)66-60(68-61)40-13-7-4-8-14-40/h3-34H. The van der Waals surface area contributed by atoms with E-state index in [0.717, 1.165) is 99.5 Å². The lowest BCUT2D eigenvalue weighted by Crippen LogP contribution is -2.04. The number of aromatic nitrogens is 4. The second-order valence-corrected chi connectivity index (χ2v) is 16.9. The van der Waals surface area contributed by atoms with E-state index >= 15 is 0 Å². The molecule has 9 nitrogen and oxygen atoms in total. The van der Waals surface area contributed by atoms with Gasteiger partial charge in [0.05, 0.1) is 42.0 Å². The minimum Gasteiger partial charge on any atom is -0.456 e. The van der Waals surface area contributed by atoms with Crippen LogP contribution in [-0.4, -0.2) is 19.5 Å². The van der Waals surface area contributed by atoms with E-state index < -0.39 is 0 Å². The van der Waals surface area contributed by atoms with Crippen LogP contribution in [0.1, 0.15) is 11.1 Å². The number of fused-ring (bicyclic) bond motifs is 6. The van der Waals surface area contributed by atoms with E-state index in [-0.39, 0.29) is 0 Å². The lowest BCUT2D eigenvalue weighted by atomic mass is 9.98. The minimum absolute atomic E-state index is 0.374. The van der Waals surface area contributed by atoms with Crippen LogP contribution in [0.3, 0.4) is 0 Å². The van der Waals surface area contributed by atoms with Crippen LogP contribution in [0.25, 0.3) is 127 Å². The Kier molecular flexibility index (Phi) is 9.82. The number of para-hydroxylation sites is 1. The van der Waals surface area contributed by atoms with Crippen molar-refractivity contribution < 1.29 is 4.42 Å². The van der Waals surface area contributed by atoms with Crippen LogP contribution in [0.4, 0.5) is 11.4 Å².